The second kappa shape index (κ2) is 11.3. The highest BCUT2D eigenvalue weighted by molar-refractivity contribution is 7.22. The summed E-state index contributed by atoms with van der Waals surface area (Å²) in [6, 6.07) is 13.6. The van der Waals surface area contributed by atoms with E-state index in [-0.39, 0.29) is 18.3 Å². The van der Waals surface area contributed by atoms with Crippen LogP contribution in [0.5, 0.6) is 5.75 Å². The van der Waals surface area contributed by atoms with Gasteiger partial charge in [-0.2, -0.15) is 0 Å². The standard InChI is InChI=1S/C23H29N3O2S.ClH/c1-5-25(6-2)14-15-26(22(27)18-9-11-19(12-10-18)28-7-3)23-24-20-13-8-17(4)16-21(20)29-23;/h8-13,16H,5-7,14-15H2,1-4H3;1H. The van der Waals surface area contributed by atoms with Gasteiger partial charge in [0.15, 0.2) is 5.13 Å². The summed E-state index contributed by atoms with van der Waals surface area (Å²) < 4.78 is 6.61. The second-order valence-electron chi connectivity index (χ2n) is 6.91. The smallest absolute Gasteiger partial charge is 0.260 e. The molecule has 0 fully saturated rings. The van der Waals surface area contributed by atoms with E-state index >= 15 is 0 Å². The third-order valence-corrected chi connectivity index (χ3v) is 6.00. The molecule has 1 heterocycles. The van der Waals surface area contributed by atoms with Gasteiger partial charge >= 0.3 is 0 Å². The number of rotatable bonds is 9. The van der Waals surface area contributed by atoms with Crippen molar-refractivity contribution in [1.29, 1.82) is 0 Å². The zero-order valence-electron chi connectivity index (χ0n) is 18.1. The third-order valence-electron chi connectivity index (χ3n) is 4.96. The number of thiazole rings is 1. The van der Waals surface area contributed by atoms with Crippen LogP contribution in [0.15, 0.2) is 42.5 Å². The molecule has 0 atom stereocenters. The van der Waals surface area contributed by atoms with E-state index in [9.17, 15) is 4.79 Å². The number of hydrogen-bond acceptors (Lipinski definition) is 5. The van der Waals surface area contributed by atoms with Crippen LogP contribution < -0.4 is 9.64 Å². The molecule has 30 heavy (non-hydrogen) atoms. The predicted molar refractivity (Wildman–Crippen MR) is 129 cm³/mol. The molecule has 162 valence electrons. The molecule has 0 N–H and O–H groups in total. The number of fused-ring (bicyclic) bond motifs is 1. The maximum atomic E-state index is 13.4. The maximum Gasteiger partial charge on any atom is 0.260 e. The van der Waals surface area contributed by atoms with Gasteiger partial charge < -0.3 is 9.64 Å². The normalized spacial score (nSPS) is 10.8. The number of benzene rings is 2. The van der Waals surface area contributed by atoms with Crippen molar-refractivity contribution in [2.24, 2.45) is 0 Å². The first-order valence-electron chi connectivity index (χ1n) is 10.2. The van der Waals surface area contributed by atoms with E-state index in [1.807, 2.05) is 42.2 Å². The van der Waals surface area contributed by atoms with Gasteiger partial charge in [-0.1, -0.05) is 31.3 Å². The first-order valence-corrected chi connectivity index (χ1v) is 11.0. The van der Waals surface area contributed by atoms with E-state index < -0.39 is 0 Å². The number of likely N-dealkylation sites (N-methyl/N-ethyl adjacent to an activating group) is 1. The van der Waals surface area contributed by atoms with Crippen molar-refractivity contribution in [1.82, 2.24) is 9.88 Å². The molecule has 0 unspecified atom stereocenters. The van der Waals surface area contributed by atoms with E-state index in [0.29, 0.717) is 18.7 Å². The Kier molecular flexibility index (Phi) is 9.08. The average molecular weight is 448 g/mol. The second-order valence-corrected chi connectivity index (χ2v) is 7.92. The van der Waals surface area contributed by atoms with Gasteiger partial charge in [-0.15, -0.1) is 12.4 Å². The molecule has 0 aliphatic carbocycles. The number of aryl methyl sites for hydroxylation is 1. The minimum absolute atomic E-state index is 0. The molecule has 0 aliphatic rings. The summed E-state index contributed by atoms with van der Waals surface area (Å²) >= 11 is 1.57. The van der Waals surface area contributed by atoms with Gasteiger partial charge in [0.2, 0.25) is 0 Å². The fraction of sp³-hybridized carbons (Fsp3) is 0.391. The summed E-state index contributed by atoms with van der Waals surface area (Å²) in [5, 5.41) is 0.747. The van der Waals surface area contributed by atoms with Crippen molar-refractivity contribution in [2.75, 3.05) is 37.7 Å². The van der Waals surface area contributed by atoms with Crippen molar-refractivity contribution >= 4 is 45.0 Å². The van der Waals surface area contributed by atoms with Crippen molar-refractivity contribution in [3.8, 4) is 5.75 Å². The zero-order chi connectivity index (χ0) is 20.8. The number of anilines is 1. The quantitative estimate of drug-likeness (QED) is 0.439. The van der Waals surface area contributed by atoms with Crippen LogP contribution in [0, 0.1) is 6.92 Å². The van der Waals surface area contributed by atoms with E-state index in [1.54, 1.807) is 11.3 Å². The lowest BCUT2D eigenvalue weighted by Gasteiger charge is -2.24. The largest absolute Gasteiger partial charge is 0.494 e. The Hall–Kier alpha value is -2.15. The van der Waals surface area contributed by atoms with Gasteiger partial charge in [-0.3, -0.25) is 9.69 Å². The molecular weight excluding hydrogens is 418 g/mol. The summed E-state index contributed by atoms with van der Waals surface area (Å²) in [5.41, 5.74) is 2.77. The number of carbonyl (C=O) groups excluding carboxylic acids is 1. The van der Waals surface area contributed by atoms with Crippen molar-refractivity contribution in [3.05, 3.63) is 53.6 Å². The fourth-order valence-electron chi connectivity index (χ4n) is 3.22. The van der Waals surface area contributed by atoms with Gasteiger partial charge in [-0.25, -0.2) is 4.98 Å². The van der Waals surface area contributed by atoms with Gasteiger partial charge in [0.25, 0.3) is 5.91 Å². The first kappa shape index (κ1) is 24.1. The van der Waals surface area contributed by atoms with E-state index in [0.717, 1.165) is 40.7 Å². The van der Waals surface area contributed by atoms with Crippen LogP contribution >= 0.6 is 23.7 Å². The third kappa shape index (κ3) is 5.72. The molecular formula is C23H30ClN3O2S. The van der Waals surface area contributed by atoms with Gasteiger partial charge in [0.1, 0.15) is 5.75 Å². The van der Waals surface area contributed by atoms with Crippen LogP contribution in [-0.2, 0) is 0 Å². The van der Waals surface area contributed by atoms with Crippen LogP contribution in [0.25, 0.3) is 10.2 Å². The number of aromatic nitrogens is 1. The molecule has 0 saturated carbocycles. The Morgan fingerprint density at radius 2 is 1.73 bits per heavy atom. The molecule has 0 saturated heterocycles. The van der Waals surface area contributed by atoms with Crippen molar-refractivity contribution in [2.45, 2.75) is 27.7 Å². The van der Waals surface area contributed by atoms with Crippen LogP contribution in [0.4, 0.5) is 5.13 Å². The molecule has 0 aliphatic heterocycles. The monoisotopic (exact) mass is 447 g/mol. The number of halogens is 1. The Morgan fingerprint density at radius 3 is 2.37 bits per heavy atom. The van der Waals surface area contributed by atoms with Crippen LogP contribution in [-0.4, -0.2) is 48.6 Å². The summed E-state index contributed by atoms with van der Waals surface area (Å²) in [7, 11) is 0. The Labute approximate surface area is 189 Å². The first-order chi connectivity index (χ1) is 14.0. The van der Waals surface area contributed by atoms with E-state index in [1.165, 1.54) is 5.56 Å². The number of hydrogen-bond donors (Lipinski definition) is 0. The highest BCUT2D eigenvalue weighted by atomic mass is 35.5. The van der Waals surface area contributed by atoms with E-state index in [2.05, 4.69) is 37.8 Å². The lowest BCUT2D eigenvalue weighted by atomic mass is 10.2. The number of carbonyl (C=O) groups is 1. The minimum Gasteiger partial charge on any atom is -0.494 e. The van der Waals surface area contributed by atoms with Crippen LogP contribution in [0.3, 0.4) is 0 Å². The van der Waals surface area contributed by atoms with E-state index in [4.69, 9.17) is 9.72 Å². The number of nitrogens with zero attached hydrogens (tertiary/aromatic N) is 3. The highest BCUT2D eigenvalue weighted by Crippen LogP contribution is 2.30. The fourth-order valence-corrected chi connectivity index (χ4v) is 4.30. The number of amides is 1. The molecule has 3 aromatic rings. The number of ether oxygens (including phenoxy) is 1. The van der Waals surface area contributed by atoms with Gasteiger partial charge in [0, 0.05) is 18.7 Å². The topological polar surface area (TPSA) is 45.7 Å². The molecule has 2 aromatic carbocycles. The predicted octanol–water partition coefficient (Wildman–Crippen LogP) is 5.41. The Morgan fingerprint density at radius 1 is 1.03 bits per heavy atom. The van der Waals surface area contributed by atoms with Crippen molar-refractivity contribution in [3.63, 3.8) is 0 Å². The average Bonchev–Trinajstić information content (AvgIpc) is 3.14. The molecule has 0 spiro atoms. The van der Waals surface area contributed by atoms with Gasteiger partial charge in [-0.05, 0) is 68.9 Å². The maximum absolute atomic E-state index is 13.4. The summed E-state index contributed by atoms with van der Waals surface area (Å²) in [5.74, 6) is 0.741. The molecule has 1 aromatic heterocycles. The summed E-state index contributed by atoms with van der Waals surface area (Å²) in [6.07, 6.45) is 0. The molecule has 5 nitrogen and oxygen atoms in total. The molecule has 0 radical (unpaired) electrons. The Bertz CT molecular complexity index is 955. The summed E-state index contributed by atoms with van der Waals surface area (Å²) in [6.45, 7) is 12.2. The van der Waals surface area contributed by atoms with Crippen LogP contribution in [0.1, 0.15) is 36.7 Å². The van der Waals surface area contributed by atoms with Crippen LogP contribution in [0.2, 0.25) is 0 Å². The Balaban J connectivity index is 0.00000320. The lowest BCUT2D eigenvalue weighted by molar-refractivity contribution is 0.0983. The highest BCUT2D eigenvalue weighted by Gasteiger charge is 2.22. The van der Waals surface area contributed by atoms with Gasteiger partial charge in [0.05, 0.1) is 16.8 Å². The molecule has 7 heteroatoms. The van der Waals surface area contributed by atoms with Crippen molar-refractivity contribution < 1.29 is 9.53 Å². The molecule has 3 rings (SSSR count). The molecule has 1 amide bonds. The summed E-state index contributed by atoms with van der Waals surface area (Å²) in [4.78, 5) is 22.3. The zero-order valence-corrected chi connectivity index (χ0v) is 19.7. The lowest BCUT2D eigenvalue weighted by Crippen LogP contribution is -2.38. The minimum atomic E-state index is -0.0315. The SMILES string of the molecule is CCOc1ccc(C(=O)N(CCN(CC)CC)c2nc3ccc(C)cc3s2)cc1.Cl. The molecule has 0 bridgehead atoms.